The molecule has 1 fully saturated rings. The molecule has 1 saturated heterocycles. The van der Waals surface area contributed by atoms with Gasteiger partial charge in [-0.3, -0.25) is 4.90 Å². The van der Waals surface area contributed by atoms with Crippen molar-refractivity contribution in [3.05, 3.63) is 47.5 Å². The molecule has 4 rings (SSSR count). The summed E-state index contributed by atoms with van der Waals surface area (Å²) in [5, 5.41) is 0.115. The zero-order chi connectivity index (χ0) is 24.2. The largest absolute Gasteiger partial charge is 0.493 e. The van der Waals surface area contributed by atoms with Crippen LogP contribution in [0.5, 0.6) is 23.1 Å². The SMILES string of the molecule is COc1cc2c(Oc3c(F)c(F)c(F)c(F)c3F)ncnc2cc1OCCCN1CCOCC1. The lowest BCUT2D eigenvalue weighted by Gasteiger charge is -2.26. The zero-order valence-electron chi connectivity index (χ0n) is 18.0. The summed E-state index contributed by atoms with van der Waals surface area (Å²) >= 11 is 0. The first-order valence-corrected chi connectivity index (χ1v) is 10.4. The number of ether oxygens (including phenoxy) is 4. The van der Waals surface area contributed by atoms with E-state index in [1.165, 1.54) is 19.2 Å². The highest BCUT2D eigenvalue weighted by Crippen LogP contribution is 2.38. The topological polar surface area (TPSA) is 65.9 Å². The maximum absolute atomic E-state index is 14.1. The van der Waals surface area contributed by atoms with Crippen LogP contribution in [0, 0.1) is 29.1 Å². The van der Waals surface area contributed by atoms with E-state index in [4.69, 9.17) is 18.9 Å². The number of morpholine rings is 1. The number of hydrogen-bond acceptors (Lipinski definition) is 7. The molecule has 0 atom stereocenters. The second kappa shape index (κ2) is 10.3. The lowest BCUT2D eigenvalue weighted by Crippen LogP contribution is -2.37. The average Bonchev–Trinajstić information content (AvgIpc) is 2.87. The van der Waals surface area contributed by atoms with Gasteiger partial charge < -0.3 is 18.9 Å². The minimum absolute atomic E-state index is 0.115. The molecule has 0 spiro atoms. The number of nitrogens with zero attached hydrogens (tertiary/aromatic N) is 3. The van der Waals surface area contributed by atoms with Crippen molar-refractivity contribution >= 4 is 10.9 Å². The summed E-state index contributed by atoms with van der Waals surface area (Å²) in [4.78, 5) is 10.1. The predicted octanol–water partition coefficient (Wildman–Crippen LogP) is 4.23. The molecule has 0 amide bonds. The highest BCUT2D eigenvalue weighted by molar-refractivity contribution is 5.87. The summed E-state index contributed by atoms with van der Waals surface area (Å²) in [6, 6.07) is 2.91. The molecule has 3 aromatic rings. The van der Waals surface area contributed by atoms with Crippen LogP contribution in [0.2, 0.25) is 0 Å². The van der Waals surface area contributed by atoms with E-state index in [0.717, 1.165) is 32.4 Å². The van der Waals surface area contributed by atoms with Crippen LogP contribution in [0.4, 0.5) is 22.0 Å². The predicted molar refractivity (Wildman–Crippen MR) is 110 cm³/mol. The van der Waals surface area contributed by atoms with Crippen molar-refractivity contribution in [1.29, 1.82) is 0 Å². The van der Waals surface area contributed by atoms with Gasteiger partial charge in [-0.2, -0.15) is 8.78 Å². The molecular weight excluding hydrogens is 465 g/mol. The molecular formula is C22H20F5N3O4. The van der Waals surface area contributed by atoms with Gasteiger partial charge in [-0.15, -0.1) is 0 Å². The number of hydrogen-bond donors (Lipinski definition) is 0. The third kappa shape index (κ3) is 4.82. The number of rotatable bonds is 8. The van der Waals surface area contributed by atoms with Crippen LogP contribution in [-0.4, -0.2) is 61.4 Å². The molecule has 2 heterocycles. The van der Waals surface area contributed by atoms with E-state index in [1.54, 1.807) is 0 Å². The Bertz CT molecular complexity index is 1160. The second-order valence-electron chi connectivity index (χ2n) is 7.36. The van der Waals surface area contributed by atoms with E-state index >= 15 is 0 Å². The van der Waals surface area contributed by atoms with Crippen molar-refractivity contribution < 1.29 is 40.9 Å². The first kappa shape index (κ1) is 23.9. The van der Waals surface area contributed by atoms with E-state index in [2.05, 4.69) is 14.9 Å². The lowest BCUT2D eigenvalue weighted by molar-refractivity contribution is 0.0357. The Hall–Kier alpha value is -3.25. The number of methoxy groups -OCH3 is 1. The molecule has 1 aliphatic heterocycles. The van der Waals surface area contributed by atoms with Crippen molar-refractivity contribution in [2.24, 2.45) is 0 Å². The van der Waals surface area contributed by atoms with Gasteiger partial charge >= 0.3 is 0 Å². The molecule has 12 heteroatoms. The molecule has 182 valence electrons. The summed E-state index contributed by atoms with van der Waals surface area (Å²) in [6.45, 7) is 4.35. The molecule has 1 aromatic heterocycles. The fraction of sp³-hybridized carbons (Fsp3) is 0.364. The summed E-state index contributed by atoms with van der Waals surface area (Å²) in [5.41, 5.74) is 0.248. The molecule has 1 aliphatic rings. The summed E-state index contributed by atoms with van der Waals surface area (Å²) in [7, 11) is 1.39. The van der Waals surface area contributed by atoms with Crippen molar-refractivity contribution in [3.63, 3.8) is 0 Å². The number of benzene rings is 2. The van der Waals surface area contributed by atoms with E-state index in [0.29, 0.717) is 25.6 Å². The molecule has 2 aromatic carbocycles. The van der Waals surface area contributed by atoms with E-state index in [-0.39, 0.29) is 16.7 Å². The molecule has 0 N–H and O–H groups in total. The van der Waals surface area contributed by atoms with Crippen LogP contribution in [0.1, 0.15) is 6.42 Å². The Morgan fingerprint density at radius 2 is 1.59 bits per heavy atom. The Labute approximate surface area is 191 Å². The Balaban J connectivity index is 1.56. The summed E-state index contributed by atoms with van der Waals surface area (Å²) in [6.07, 6.45) is 1.78. The molecule has 0 radical (unpaired) electrons. The van der Waals surface area contributed by atoms with Crippen molar-refractivity contribution in [2.75, 3.05) is 46.6 Å². The second-order valence-corrected chi connectivity index (χ2v) is 7.36. The Morgan fingerprint density at radius 1 is 0.912 bits per heavy atom. The van der Waals surface area contributed by atoms with Gasteiger partial charge in [-0.05, 0) is 12.5 Å². The van der Waals surface area contributed by atoms with Crippen LogP contribution in [0.3, 0.4) is 0 Å². The summed E-state index contributed by atoms with van der Waals surface area (Å²) < 4.78 is 90.0. The average molecular weight is 485 g/mol. The van der Waals surface area contributed by atoms with Crippen LogP contribution in [-0.2, 0) is 4.74 Å². The van der Waals surface area contributed by atoms with Gasteiger partial charge in [0.15, 0.2) is 11.5 Å². The first-order valence-electron chi connectivity index (χ1n) is 10.4. The quantitative estimate of drug-likeness (QED) is 0.205. The highest BCUT2D eigenvalue weighted by atomic mass is 19.2. The van der Waals surface area contributed by atoms with Gasteiger partial charge in [-0.1, -0.05) is 0 Å². The normalized spacial score (nSPS) is 14.4. The maximum Gasteiger partial charge on any atom is 0.230 e. The fourth-order valence-corrected chi connectivity index (χ4v) is 3.46. The van der Waals surface area contributed by atoms with Gasteiger partial charge in [0, 0.05) is 25.7 Å². The number of aromatic nitrogens is 2. The molecule has 0 aliphatic carbocycles. The van der Waals surface area contributed by atoms with Gasteiger partial charge in [0.25, 0.3) is 0 Å². The van der Waals surface area contributed by atoms with Gasteiger partial charge in [0.2, 0.25) is 40.7 Å². The van der Waals surface area contributed by atoms with Crippen LogP contribution in [0.15, 0.2) is 18.5 Å². The highest BCUT2D eigenvalue weighted by Gasteiger charge is 2.28. The fourth-order valence-electron chi connectivity index (χ4n) is 3.46. The molecule has 34 heavy (non-hydrogen) atoms. The monoisotopic (exact) mass is 485 g/mol. The van der Waals surface area contributed by atoms with Crippen LogP contribution < -0.4 is 14.2 Å². The number of fused-ring (bicyclic) bond motifs is 1. The van der Waals surface area contributed by atoms with E-state index in [9.17, 15) is 22.0 Å². The molecule has 7 nitrogen and oxygen atoms in total. The Morgan fingerprint density at radius 3 is 2.26 bits per heavy atom. The van der Waals surface area contributed by atoms with Crippen molar-refractivity contribution in [2.45, 2.75) is 6.42 Å². The molecule has 0 bridgehead atoms. The lowest BCUT2D eigenvalue weighted by atomic mass is 10.2. The van der Waals surface area contributed by atoms with Gasteiger partial charge in [0.1, 0.15) is 6.33 Å². The third-order valence-electron chi connectivity index (χ3n) is 5.23. The van der Waals surface area contributed by atoms with Gasteiger partial charge in [0.05, 0.1) is 37.8 Å². The minimum Gasteiger partial charge on any atom is -0.493 e. The van der Waals surface area contributed by atoms with Gasteiger partial charge in [-0.25, -0.2) is 23.1 Å². The molecule has 0 unspecified atom stereocenters. The minimum atomic E-state index is -2.29. The maximum atomic E-state index is 14.1. The summed E-state index contributed by atoms with van der Waals surface area (Å²) in [5.74, 6) is -12.1. The molecule has 0 saturated carbocycles. The van der Waals surface area contributed by atoms with Crippen LogP contribution >= 0.6 is 0 Å². The van der Waals surface area contributed by atoms with E-state index in [1.807, 2.05) is 0 Å². The van der Waals surface area contributed by atoms with Crippen LogP contribution in [0.25, 0.3) is 10.9 Å². The van der Waals surface area contributed by atoms with Crippen molar-refractivity contribution in [3.8, 4) is 23.1 Å². The van der Waals surface area contributed by atoms with Crippen molar-refractivity contribution in [1.82, 2.24) is 14.9 Å². The first-order chi connectivity index (χ1) is 16.4. The smallest absolute Gasteiger partial charge is 0.230 e. The third-order valence-corrected chi connectivity index (χ3v) is 5.23. The standard InChI is InChI=1S/C22H20F5N3O4/c1-31-14-9-12-13(10-15(14)33-6-2-3-30-4-7-32-8-5-30)28-11-29-22(12)34-21-19(26)17(24)16(23)18(25)20(21)27/h9-11H,2-8H2,1H3. The van der Waals surface area contributed by atoms with E-state index < -0.39 is 40.7 Å². The number of halogens is 5. The Kier molecular flexibility index (Phi) is 7.27. The zero-order valence-corrected chi connectivity index (χ0v) is 18.0.